The molecule has 0 aromatic heterocycles. The molecule has 0 spiro atoms. The van der Waals surface area contributed by atoms with E-state index in [9.17, 15) is 14.4 Å². The summed E-state index contributed by atoms with van der Waals surface area (Å²) in [5, 5.41) is 2.41. The van der Waals surface area contributed by atoms with Crippen molar-refractivity contribution in [3.8, 4) is 11.8 Å². The molecule has 2 fully saturated rings. The molecule has 39 heavy (non-hydrogen) atoms. The van der Waals surface area contributed by atoms with Crippen molar-refractivity contribution in [2.45, 2.75) is 111 Å². The van der Waals surface area contributed by atoms with Gasteiger partial charge in [-0.25, -0.2) is 0 Å². The third-order valence-corrected chi connectivity index (χ3v) is 8.39. The quantitative estimate of drug-likeness (QED) is 0.263. The molecule has 2 aliphatic rings. The van der Waals surface area contributed by atoms with Gasteiger partial charge in [0.05, 0.1) is 0 Å². The molecule has 214 valence electrons. The van der Waals surface area contributed by atoms with Gasteiger partial charge in [0, 0.05) is 49.1 Å². The van der Waals surface area contributed by atoms with Gasteiger partial charge in [0.25, 0.3) is 0 Å². The highest BCUT2D eigenvalue weighted by Crippen LogP contribution is 2.32. The lowest BCUT2D eigenvalue weighted by molar-refractivity contribution is -0.135. The van der Waals surface area contributed by atoms with E-state index >= 15 is 0 Å². The summed E-state index contributed by atoms with van der Waals surface area (Å²) in [5.41, 5.74) is 2.87. The maximum atomic E-state index is 13.1. The van der Waals surface area contributed by atoms with E-state index in [4.69, 9.17) is 0 Å². The van der Waals surface area contributed by atoms with Crippen molar-refractivity contribution in [2.75, 3.05) is 22.9 Å². The van der Waals surface area contributed by atoms with Crippen LogP contribution in [0.5, 0.6) is 0 Å². The number of nitrogens with one attached hydrogen (secondary N) is 1. The van der Waals surface area contributed by atoms with E-state index in [1.807, 2.05) is 19.9 Å². The lowest BCUT2D eigenvalue weighted by Gasteiger charge is -2.35. The summed E-state index contributed by atoms with van der Waals surface area (Å²) in [4.78, 5) is 41.5. The summed E-state index contributed by atoms with van der Waals surface area (Å²) in [6.45, 7) is 12.8. The molecule has 3 unspecified atom stereocenters. The fourth-order valence-electron chi connectivity index (χ4n) is 5.69. The van der Waals surface area contributed by atoms with Crippen LogP contribution in [0.2, 0.25) is 0 Å². The SMILES string of the molecule is CCCC(=O)N(c1ccc(N2CCC(C#CC(CCC)CCC(C)CC)CC2)cc1C)C1CCC(=O)NC1=O. The molecular weight excluding hydrogens is 486 g/mol. The second-order valence-electron chi connectivity index (χ2n) is 11.6. The lowest BCUT2D eigenvalue weighted by atomic mass is 9.91. The number of hydrogen-bond donors (Lipinski definition) is 1. The third-order valence-electron chi connectivity index (χ3n) is 8.39. The number of imide groups is 1. The third kappa shape index (κ3) is 8.59. The van der Waals surface area contributed by atoms with Crippen molar-refractivity contribution in [3.05, 3.63) is 23.8 Å². The maximum Gasteiger partial charge on any atom is 0.249 e. The van der Waals surface area contributed by atoms with Gasteiger partial charge in [-0.05, 0) is 81.5 Å². The van der Waals surface area contributed by atoms with Crippen LogP contribution in [0.25, 0.3) is 0 Å². The molecule has 6 nitrogen and oxygen atoms in total. The minimum atomic E-state index is -0.651. The zero-order valence-corrected chi connectivity index (χ0v) is 24.9. The Labute approximate surface area is 236 Å². The Bertz CT molecular complexity index is 1050. The van der Waals surface area contributed by atoms with Crippen molar-refractivity contribution < 1.29 is 14.4 Å². The zero-order chi connectivity index (χ0) is 28.4. The molecule has 2 saturated heterocycles. The molecule has 0 saturated carbocycles. The minimum absolute atomic E-state index is 0.0761. The van der Waals surface area contributed by atoms with Gasteiger partial charge in [0.15, 0.2) is 0 Å². The van der Waals surface area contributed by atoms with Crippen LogP contribution in [0, 0.1) is 36.5 Å². The Hall–Kier alpha value is -2.81. The van der Waals surface area contributed by atoms with E-state index in [-0.39, 0.29) is 24.1 Å². The van der Waals surface area contributed by atoms with Gasteiger partial charge in [-0.1, -0.05) is 52.4 Å². The Morgan fingerprint density at radius 3 is 2.44 bits per heavy atom. The number of anilines is 2. The van der Waals surface area contributed by atoms with Gasteiger partial charge in [-0.3, -0.25) is 24.6 Å². The number of rotatable bonds is 11. The molecule has 1 aromatic rings. The molecule has 1 aromatic carbocycles. The monoisotopic (exact) mass is 535 g/mol. The number of piperidine rings is 2. The number of carbonyl (C=O) groups excluding carboxylic acids is 3. The Morgan fingerprint density at radius 1 is 1.08 bits per heavy atom. The summed E-state index contributed by atoms with van der Waals surface area (Å²) < 4.78 is 0. The Balaban J connectivity index is 1.66. The molecule has 2 heterocycles. The van der Waals surface area contributed by atoms with Crippen LogP contribution in [0.1, 0.15) is 104 Å². The van der Waals surface area contributed by atoms with Crippen molar-refractivity contribution >= 4 is 29.1 Å². The minimum Gasteiger partial charge on any atom is -0.371 e. The van der Waals surface area contributed by atoms with E-state index < -0.39 is 6.04 Å². The van der Waals surface area contributed by atoms with Crippen molar-refractivity contribution in [3.63, 3.8) is 0 Å². The topological polar surface area (TPSA) is 69.7 Å². The van der Waals surface area contributed by atoms with Gasteiger partial charge >= 0.3 is 0 Å². The van der Waals surface area contributed by atoms with Gasteiger partial charge < -0.3 is 4.90 Å². The smallest absolute Gasteiger partial charge is 0.249 e. The molecule has 3 amide bonds. The van der Waals surface area contributed by atoms with E-state index in [2.05, 4.69) is 55.0 Å². The predicted molar refractivity (Wildman–Crippen MR) is 160 cm³/mol. The molecule has 6 heteroatoms. The fourth-order valence-corrected chi connectivity index (χ4v) is 5.69. The number of amides is 3. The van der Waals surface area contributed by atoms with E-state index in [0.717, 1.165) is 48.8 Å². The first-order valence-electron chi connectivity index (χ1n) is 15.3. The first-order valence-corrected chi connectivity index (χ1v) is 15.3. The van der Waals surface area contributed by atoms with Crippen LogP contribution in [0.4, 0.5) is 11.4 Å². The van der Waals surface area contributed by atoms with E-state index in [1.165, 1.54) is 32.1 Å². The Kier molecular flexibility index (Phi) is 11.9. The normalized spacial score (nSPS) is 19.6. The summed E-state index contributed by atoms with van der Waals surface area (Å²) in [7, 11) is 0. The molecule has 0 bridgehead atoms. The van der Waals surface area contributed by atoms with Gasteiger partial charge in [0.2, 0.25) is 17.7 Å². The highest BCUT2D eigenvalue weighted by molar-refractivity contribution is 6.07. The van der Waals surface area contributed by atoms with Crippen molar-refractivity contribution in [1.29, 1.82) is 0 Å². The summed E-state index contributed by atoms with van der Waals surface area (Å²) in [6, 6.07) is 5.52. The second kappa shape index (κ2) is 15.1. The average molecular weight is 536 g/mol. The molecule has 0 aliphatic carbocycles. The average Bonchev–Trinajstić information content (AvgIpc) is 2.92. The highest BCUT2D eigenvalue weighted by Gasteiger charge is 2.35. The fraction of sp³-hybridized carbons (Fsp3) is 0.667. The molecule has 1 N–H and O–H groups in total. The van der Waals surface area contributed by atoms with Crippen LogP contribution < -0.4 is 15.1 Å². The molecule has 2 aliphatic heterocycles. The van der Waals surface area contributed by atoms with Crippen LogP contribution in [-0.2, 0) is 14.4 Å². The van der Waals surface area contributed by atoms with Crippen molar-refractivity contribution in [1.82, 2.24) is 5.32 Å². The van der Waals surface area contributed by atoms with Crippen LogP contribution in [-0.4, -0.2) is 36.9 Å². The standard InChI is InChI=1S/C33H49N3O3/c1-6-9-26(12-11-24(4)8-3)13-14-27-19-21-35(22-20-27)28-15-16-29(25(5)23-28)36(32(38)10-7-2)30-17-18-31(37)34-33(30)39/h15-16,23-24,26-27,30H,6-12,17-22H2,1-5H3,(H,34,37,39). The molecular formula is C33H49N3O3. The van der Waals surface area contributed by atoms with Crippen LogP contribution in [0.15, 0.2) is 18.2 Å². The predicted octanol–water partition coefficient (Wildman–Crippen LogP) is 6.40. The molecule has 0 radical (unpaired) electrons. The first-order chi connectivity index (χ1) is 18.8. The second-order valence-corrected chi connectivity index (χ2v) is 11.6. The van der Waals surface area contributed by atoms with Crippen molar-refractivity contribution in [2.24, 2.45) is 17.8 Å². The van der Waals surface area contributed by atoms with E-state index in [0.29, 0.717) is 31.1 Å². The van der Waals surface area contributed by atoms with Gasteiger partial charge in [-0.2, -0.15) is 0 Å². The van der Waals surface area contributed by atoms with Crippen LogP contribution in [0.3, 0.4) is 0 Å². The lowest BCUT2D eigenvalue weighted by Crippen LogP contribution is -2.54. The number of carbonyl (C=O) groups is 3. The number of aryl methyl sites for hydroxylation is 1. The first kappa shape index (κ1) is 30.7. The molecule has 3 atom stereocenters. The highest BCUT2D eigenvalue weighted by atomic mass is 16.2. The number of benzene rings is 1. The van der Waals surface area contributed by atoms with Gasteiger partial charge in [-0.15, -0.1) is 0 Å². The summed E-state index contributed by atoms with van der Waals surface area (Å²) >= 11 is 0. The van der Waals surface area contributed by atoms with Crippen LogP contribution >= 0.6 is 0 Å². The number of hydrogen-bond acceptors (Lipinski definition) is 4. The summed E-state index contributed by atoms with van der Waals surface area (Å²) in [6.07, 6.45) is 9.93. The van der Waals surface area contributed by atoms with E-state index in [1.54, 1.807) is 4.90 Å². The van der Waals surface area contributed by atoms with Gasteiger partial charge in [0.1, 0.15) is 6.04 Å². The summed E-state index contributed by atoms with van der Waals surface area (Å²) in [5.74, 6) is 8.33. The maximum absolute atomic E-state index is 13.1. The number of nitrogens with zero attached hydrogens (tertiary/aromatic N) is 2. The Morgan fingerprint density at radius 2 is 1.82 bits per heavy atom. The molecule has 3 rings (SSSR count). The zero-order valence-electron chi connectivity index (χ0n) is 24.9. The largest absolute Gasteiger partial charge is 0.371 e.